The maximum atomic E-state index is 12.9. The summed E-state index contributed by atoms with van der Waals surface area (Å²) in [5.74, 6) is -1.19. The number of nitrogens with zero attached hydrogens (tertiary/aromatic N) is 7. The van der Waals surface area contributed by atoms with Gasteiger partial charge >= 0.3 is 6.18 Å². The monoisotopic (exact) mass is 540 g/mol. The van der Waals surface area contributed by atoms with Crippen molar-refractivity contribution in [3.63, 3.8) is 0 Å². The topological polar surface area (TPSA) is 156 Å². The number of amides is 1. The molecule has 0 bridgehead atoms. The van der Waals surface area contributed by atoms with Gasteiger partial charge in [-0.15, -0.1) is 5.10 Å². The van der Waals surface area contributed by atoms with Crippen molar-refractivity contribution in [3.05, 3.63) is 47.3 Å². The molecular formula is C21H23F3N8O4S. The summed E-state index contributed by atoms with van der Waals surface area (Å²) in [6.45, 7) is 1.40. The SMILES string of the molecule is C[C@H](CO)n1nnnc1-c1cccc(NC(=O)c2cc3c(cn2)CCN(S(=O)(=O)CCC(F)(F)F)C3)n1. The molecule has 2 N–H and O–H groups in total. The number of rotatable bonds is 8. The van der Waals surface area contributed by atoms with Crippen LogP contribution in [0, 0.1) is 0 Å². The van der Waals surface area contributed by atoms with Crippen LogP contribution in [0.15, 0.2) is 30.5 Å². The van der Waals surface area contributed by atoms with Crippen molar-refractivity contribution < 1.29 is 31.5 Å². The van der Waals surface area contributed by atoms with Gasteiger partial charge in [0.25, 0.3) is 5.91 Å². The summed E-state index contributed by atoms with van der Waals surface area (Å²) in [5, 5.41) is 23.4. The van der Waals surface area contributed by atoms with E-state index < -0.39 is 40.3 Å². The molecule has 0 unspecified atom stereocenters. The summed E-state index contributed by atoms with van der Waals surface area (Å²) < 4.78 is 64.8. The van der Waals surface area contributed by atoms with Crippen LogP contribution in [0.2, 0.25) is 0 Å². The van der Waals surface area contributed by atoms with Crippen molar-refractivity contribution in [1.29, 1.82) is 0 Å². The first-order chi connectivity index (χ1) is 17.5. The van der Waals surface area contributed by atoms with Crippen molar-refractivity contribution in [2.45, 2.75) is 38.5 Å². The number of anilines is 1. The highest BCUT2D eigenvalue weighted by atomic mass is 32.2. The average molecular weight is 541 g/mol. The van der Waals surface area contributed by atoms with Crippen LogP contribution < -0.4 is 5.32 Å². The molecule has 0 fully saturated rings. The summed E-state index contributed by atoms with van der Waals surface area (Å²) >= 11 is 0. The second-order valence-corrected chi connectivity index (χ2v) is 10.5. The highest BCUT2D eigenvalue weighted by Crippen LogP contribution is 2.25. The lowest BCUT2D eigenvalue weighted by molar-refractivity contribution is -0.130. The fraction of sp³-hybridized carbons (Fsp3) is 0.429. The molecule has 198 valence electrons. The maximum absolute atomic E-state index is 12.9. The van der Waals surface area contributed by atoms with E-state index in [0.29, 0.717) is 16.8 Å². The van der Waals surface area contributed by atoms with Crippen LogP contribution in [0.5, 0.6) is 0 Å². The van der Waals surface area contributed by atoms with E-state index in [1.807, 2.05) is 0 Å². The zero-order valence-electron chi connectivity index (χ0n) is 19.6. The number of halogens is 3. The largest absolute Gasteiger partial charge is 0.394 e. The van der Waals surface area contributed by atoms with Crippen molar-refractivity contribution in [2.75, 3.05) is 24.2 Å². The van der Waals surface area contributed by atoms with Gasteiger partial charge in [0.2, 0.25) is 15.8 Å². The van der Waals surface area contributed by atoms with E-state index in [1.165, 1.54) is 16.9 Å². The minimum atomic E-state index is -4.58. The molecular weight excluding hydrogens is 517 g/mol. The average Bonchev–Trinajstić information content (AvgIpc) is 3.36. The molecule has 1 atom stereocenters. The number of aliphatic hydroxyl groups is 1. The molecule has 3 aromatic heterocycles. The number of nitrogens with one attached hydrogen (secondary N) is 1. The lowest BCUT2D eigenvalue weighted by Gasteiger charge is -2.28. The van der Waals surface area contributed by atoms with Gasteiger partial charge in [-0.3, -0.25) is 9.78 Å². The maximum Gasteiger partial charge on any atom is 0.390 e. The summed E-state index contributed by atoms with van der Waals surface area (Å²) in [6.07, 6.45) is -4.29. The molecule has 3 aromatic rings. The normalized spacial score (nSPS) is 15.3. The number of pyridine rings is 2. The van der Waals surface area contributed by atoms with Gasteiger partial charge in [0.15, 0.2) is 0 Å². The van der Waals surface area contributed by atoms with Crippen LogP contribution in [0.25, 0.3) is 11.5 Å². The van der Waals surface area contributed by atoms with Gasteiger partial charge in [-0.1, -0.05) is 6.07 Å². The van der Waals surface area contributed by atoms with Crippen molar-refractivity contribution in [2.24, 2.45) is 0 Å². The summed E-state index contributed by atoms with van der Waals surface area (Å²) in [6, 6.07) is 5.82. The van der Waals surface area contributed by atoms with Crippen LogP contribution in [-0.4, -0.2) is 79.0 Å². The number of alkyl halides is 3. The number of fused-ring (bicyclic) bond motifs is 1. The fourth-order valence-corrected chi connectivity index (χ4v) is 5.15. The first-order valence-corrected chi connectivity index (χ1v) is 12.8. The Hall–Kier alpha value is -3.50. The minimum absolute atomic E-state index is 0.0146. The third kappa shape index (κ3) is 6.26. The summed E-state index contributed by atoms with van der Waals surface area (Å²) in [5.41, 5.74) is 1.53. The molecule has 0 aromatic carbocycles. The number of carbonyl (C=O) groups is 1. The Morgan fingerprint density at radius 2 is 2.05 bits per heavy atom. The van der Waals surface area contributed by atoms with E-state index in [2.05, 4.69) is 30.8 Å². The molecule has 16 heteroatoms. The molecule has 1 aliphatic rings. The number of hydrogen-bond donors (Lipinski definition) is 2. The van der Waals surface area contributed by atoms with Gasteiger partial charge in [0.05, 0.1) is 24.8 Å². The van der Waals surface area contributed by atoms with Crippen molar-refractivity contribution >= 4 is 21.7 Å². The lowest BCUT2D eigenvalue weighted by atomic mass is 10.0. The summed E-state index contributed by atoms with van der Waals surface area (Å²) in [7, 11) is -4.13. The van der Waals surface area contributed by atoms with Gasteiger partial charge in [-0.25, -0.2) is 18.1 Å². The number of hydrogen-bond acceptors (Lipinski definition) is 9. The number of aromatic nitrogens is 6. The minimum Gasteiger partial charge on any atom is -0.394 e. The molecule has 4 rings (SSSR count). The molecule has 4 heterocycles. The first kappa shape index (κ1) is 26.6. The molecule has 1 amide bonds. The van der Waals surface area contributed by atoms with Gasteiger partial charge in [0.1, 0.15) is 17.2 Å². The predicted molar refractivity (Wildman–Crippen MR) is 124 cm³/mol. The molecule has 37 heavy (non-hydrogen) atoms. The Morgan fingerprint density at radius 3 is 2.78 bits per heavy atom. The lowest BCUT2D eigenvalue weighted by Crippen LogP contribution is -2.38. The Balaban J connectivity index is 1.49. The van der Waals surface area contributed by atoms with E-state index in [4.69, 9.17) is 0 Å². The fourth-order valence-electron chi connectivity index (χ4n) is 3.69. The third-order valence-corrected chi connectivity index (χ3v) is 7.54. The molecule has 0 spiro atoms. The third-order valence-electron chi connectivity index (χ3n) is 5.72. The smallest absolute Gasteiger partial charge is 0.390 e. The Kier molecular flexibility index (Phi) is 7.52. The van der Waals surface area contributed by atoms with Crippen LogP contribution in [-0.2, 0) is 23.0 Å². The van der Waals surface area contributed by atoms with Crippen LogP contribution >= 0.6 is 0 Å². The molecule has 0 saturated heterocycles. The van der Waals surface area contributed by atoms with Crippen LogP contribution in [0.3, 0.4) is 0 Å². The number of sulfonamides is 1. The molecule has 0 radical (unpaired) electrons. The quantitative estimate of drug-likeness (QED) is 0.433. The number of aliphatic hydroxyl groups excluding tert-OH is 1. The van der Waals surface area contributed by atoms with E-state index >= 15 is 0 Å². The van der Waals surface area contributed by atoms with E-state index in [-0.39, 0.29) is 43.5 Å². The first-order valence-electron chi connectivity index (χ1n) is 11.2. The van der Waals surface area contributed by atoms with Crippen LogP contribution in [0.1, 0.15) is 41.0 Å². The zero-order valence-corrected chi connectivity index (χ0v) is 20.4. The second kappa shape index (κ2) is 10.5. The molecule has 0 aliphatic carbocycles. The van der Waals surface area contributed by atoms with Gasteiger partial charge in [-0.2, -0.15) is 17.5 Å². The van der Waals surface area contributed by atoms with Gasteiger partial charge < -0.3 is 10.4 Å². The zero-order chi connectivity index (χ0) is 26.8. The van der Waals surface area contributed by atoms with E-state index in [0.717, 1.165) is 4.31 Å². The Morgan fingerprint density at radius 1 is 1.27 bits per heavy atom. The van der Waals surface area contributed by atoms with Crippen molar-refractivity contribution in [3.8, 4) is 11.5 Å². The second-order valence-electron chi connectivity index (χ2n) is 8.44. The Labute approximate surface area is 209 Å². The van der Waals surface area contributed by atoms with E-state index in [1.54, 1.807) is 25.1 Å². The summed E-state index contributed by atoms with van der Waals surface area (Å²) in [4.78, 5) is 21.4. The number of tetrazole rings is 1. The van der Waals surface area contributed by atoms with Crippen molar-refractivity contribution in [1.82, 2.24) is 34.5 Å². The van der Waals surface area contributed by atoms with Crippen LogP contribution in [0.4, 0.5) is 19.0 Å². The van der Waals surface area contributed by atoms with Gasteiger partial charge in [-0.05, 0) is 53.1 Å². The highest BCUT2D eigenvalue weighted by molar-refractivity contribution is 7.89. The highest BCUT2D eigenvalue weighted by Gasteiger charge is 2.34. The number of carbonyl (C=O) groups excluding carboxylic acids is 1. The Bertz CT molecular complexity index is 1400. The molecule has 12 nitrogen and oxygen atoms in total. The predicted octanol–water partition coefficient (Wildman–Crippen LogP) is 1.58. The standard InChI is InChI=1S/C21H23F3N8O4S/c1-13(12-33)32-19(28-29-30-32)16-3-2-4-18(26-16)27-20(34)17-9-15-11-31(7-5-14(15)10-25-17)37(35,36)8-6-21(22,23)24/h2-4,9-10,13,33H,5-8,11-12H2,1H3,(H,26,27,34)/t13-/m1/s1. The van der Waals surface area contributed by atoms with E-state index in [9.17, 15) is 31.5 Å². The van der Waals surface area contributed by atoms with Gasteiger partial charge in [0, 0.05) is 19.3 Å². The molecule has 0 saturated carbocycles. The molecule has 1 aliphatic heterocycles.